The lowest BCUT2D eigenvalue weighted by atomic mass is 10.3. The predicted octanol–water partition coefficient (Wildman–Crippen LogP) is 1.48. The fraction of sp³-hybridized carbons (Fsp3) is 0.500. The molecule has 1 aromatic heterocycles. The van der Waals surface area contributed by atoms with E-state index >= 15 is 0 Å². The van der Waals surface area contributed by atoms with Gasteiger partial charge in [0.25, 0.3) is 0 Å². The molecule has 0 N–H and O–H groups in total. The van der Waals surface area contributed by atoms with Crippen LogP contribution >= 0.6 is 0 Å². The Bertz CT molecular complexity index is 469. The van der Waals surface area contributed by atoms with Gasteiger partial charge in [0.15, 0.2) is 0 Å². The van der Waals surface area contributed by atoms with Gasteiger partial charge in [-0.1, -0.05) is 6.07 Å². The molecule has 1 saturated heterocycles. The van der Waals surface area contributed by atoms with E-state index in [2.05, 4.69) is 4.98 Å². The van der Waals surface area contributed by atoms with Crippen LogP contribution in [0.3, 0.4) is 0 Å². The number of pyridine rings is 1. The lowest BCUT2D eigenvalue weighted by Gasteiger charge is -2.18. The van der Waals surface area contributed by atoms with E-state index in [1.165, 1.54) is 0 Å². The highest BCUT2D eigenvalue weighted by Gasteiger charge is 2.19. The first-order chi connectivity index (χ1) is 7.56. The fourth-order valence-corrected chi connectivity index (χ4v) is 2.54. The Hall–Kier alpha value is -1.17. The molecule has 0 saturated carbocycles. The van der Waals surface area contributed by atoms with Crippen molar-refractivity contribution in [3.63, 3.8) is 0 Å². The van der Waals surface area contributed by atoms with Crippen LogP contribution in [0.15, 0.2) is 18.3 Å². The molecule has 0 bridgehead atoms. The van der Waals surface area contributed by atoms with Crippen LogP contribution in [0, 0.1) is 0 Å². The number of nitrogens with zero attached hydrogens (tertiary/aromatic N) is 2. The number of hydrogen-bond acceptors (Lipinski definition) is 4. The third kappa shape index (κ3) is 2.69. The Morgan fingerprint density at radius 2 is 2.06 bits per heavy atom. The zero-order valence-electron chi connectivity index (χ0n) is 8.76. The SMILES string of the molecule is O=S(=O)(F)Cc1cccnc1N1CCCC1. The summed E-state index contributed by atoms with van der Waals surface area (Å²) in [5.74, 6) is 0.00775. The summed E-state index contributed by atoms with van der Waals surface area (Å²) in [6.07, 6.45) is 3.73. The highest BCUT2D eigenvalue weighted by Crippen LogP contribution is 2.23. The summed E-state index contributed by atoms with van der Waals surface area (Å²) < 4.78 is 34.0. The molecule has 1 aromatic rings. The summed E-state index contributed by atoms with van der Waals surface area (Å²) in [5.41, 5.74) is 0.437. The van der Waals surface area contributed by atoms with Crippen molar-refractivity contribution in [1.82, 2.24) is 4.98 Å². The average Bonchev–Trinajstić information content (AvgIpc) is 2.69. The minimum atomic E-state index is -4.50. The van der Waals surface area contributed by atoms with Gasteiger partial charge in [-0.25, -0.2) is 4.98 Å². The van der Waals surface area contributed by atoms with E-state index in [-0.39, 0.29) is 0 Å². The second-order valence-corrected chi connectivity index (χ2v) is 5.23. The van der Waals surface area contributed by atoms with Crippen molar-refractivity contribution >= 4 is 16.0 Å². The third-order valence-corrected chi connectivity index (χ3v) is 3.26. The summed E-state index contributed by atoms with van der Waals surface area (Å²) in [5, 5.41) is 0. The van der Waals surface area contributed by atoms with Gasteiger partial charge in [-0.2, -0.15) is 8.42 Å². The molecule has 6 heteroatoms. The quantitative estimate of drug-likeness (QED) is 0.756. The van der Waals surface area contributed by atoms with Gasteiger partial charge in [-0.15, -0.1) is 3.89 Å². The van der Waals surface area contributed by atoms with Gasteiger partial charge in [0, 0.05) is 24.8 Å². The summed E-state index contributed by atoms with van der Waals surface area (Å²) in [4.78, 5) is 6.14. The first kappa shape index (κ1) is 11.3. The molecule has 1 fully saturated rings. The molecule has 0 aromatic carbocycles. The van der Waals surface area contributed by atoms with Crippen LogP contribution in [0.1, 0.15) is 18.4 Å². The van der Waals surface area contributed by atoms with Gasteiger partial charge in [-0.3, -0.25) is 0 Å². The molecule has 0 aliphatic carbocycles. The Morgan fingerprint density at radius 1 is 1.38 bits per heavy atom. The van der Waals surface area contributed by atoms with Gasteiger partial charge in [0.1, 0.15) is 11.6 Å². The van der Waals surface area contributed by atoms with E-state index in [1.807, 2.05) is 4.90 Å². The monoisotopic (exact) mass is 244 g/mol. The smallest absolute Gasteiger partial charge is 0.306 e. The summed E-state index contributed by atoms with van der Waals surface area (Å²) in [7, 11) is -4.50. The van der Waals surface area contributed by atoms with Crippen LogP contribution in [0.2, 0.25) is 0 Å². The van der Waals surface area contributed by atoms with E-state index < -0.39 is 16.0 Å². The van der Waals surface area contributed by atoms with Crippen LogP contribution in [0.4, 0.5) is 9.70 Å². The fourth-order valence-electron chi connectivity index (χ4n) is 1.94. The molecule has 88 valence electrons. The van der Waals surface area contributed by atoms with Crippen LogP contribution in [0.5, 0.6) is 0 Å². The van der Waals surface area contributed by atoms with Crippen LogP contribution in [0.25, 0.3) is 0 Å². The molecule has 0 unspecified atom stereocenters. The lowest BCUT2D eigenvalue weighted by molar-refractivity contribution is 0.551. The zero-order valence-corrected chi connectivity index (χ0v) is 9.58. The molecule has 4 nitrogen and oxygen atoms in total. The first-order valence-corrected chi connectivity index (χ1v) is 6.73. The summed E-state index contributed by atoms with van der Waals surface area (Å²) in [6, 6.07) is 3.23. The van der Waals surface area contributed by atoms with Crippen molar-refractivity contribution in [2.75, 3.05) is 18.0 Å². The van der Waals surface area contributed by atoms with Crippen LogP contribution in [-0.2, 0) is 16.0 Å². The normalized spacial score (nSPS) is 16.7. The molecule has 0 radical (unpaired) electrons. The summed E-state index contributed by atoms with van der Waals surface area (Å²) >= 11 is 0. The zero-order chi connectivity index (χ0) is 11.6. The van der Waals surface area contributed by atoms with Crippen molar-refractivity contribution in [2.24, 2.45) is 0 Å². The van der Waals surface area contributed by atoms with Gasteiger partial charge in [-0.05, 0) is 18.9 Å². The number of anilines is 1. The van der Waals surface area contributed by atoms with E-state index in [0.717, 1.165) is 25.9 Å². The Morgan fingerprint density at radius 3 is 2.69 bits per heavy atom. The average molecular weight is 244 g/mol. The maximum Gasteiger partial charge on any atom is 0.306 e. The first-order valence-electron chi connectivity index (χ1n) is 5.17. The molecular formula is C10H13FN2O2S. The highest BCUT2D eigenvalue weighted by molar-refractivity contribution is 7.85. The standard InChI is InChI=1S/C10H13FN2O2S/c11-16(14,15)8-9-4-3-5-12-10(9)13-6-1-2-7-13/h3-5H,1-2,6-8H2. The highest BCUT2D eigenvalue weighted by atomic mass is 32.3. The maximum atomic E-state index is 12.7. The van der Waals surface area contributed by atoms with Crippen LogP contribution < -0.4 is 4.90 Å². The van der Waals surface area contributed by atoms with Crippen molar-refractivity contribution in [2.45, 2.75) is 18.6 Å². The molecule has 1 aliphatic heterocycles. The molecule has 1 aliphatic rings. The summed E-state index contributed by atoms with van der Waals surface area (Å²) in [6.45, 7) is 1.71. The molecule has 0 atom stereocenters. The minimum Gasteiger partial charge on any atom is -0.356 e. The molecule has 2 rings (SSSR count). The Labute approximate surface area is 94.3 Å². The van der Waals surface area contributed by atoms with Crippen molar-refractivity contribution in [3.05, 3.63) is 23.9 Å². The predicted molar refractivity (Wildman–Crippen MR) is 59.4 cm³/mol. The maximum absolute atomic E-state index is 12.7. The topological polar surface area (TPSA) is 50.3 Å². The Balaban J connectivity index is 2.30. The van der Waals surface area contributed by atoms with Crippen molar-refractivity contribution in [3.8, 4) is 0 Å². The number of halogens is 1. The van der Waals surface area contributed by atoms with E-state index in [4.69, 9.17) is 0 Å². The number of rotatable bonds is 3. The second-order valence-electron chi connectivity index (χ2n) is 3.86. The van der Waals surface area contributed by atoms with Crippen molar-refractivity contribution in [1.29, 1.82) is 0 Å². The van der Waals surface area contributed by atoms with Gasteiger partial charge < -0.3 is 4.90 Å². The lowest BCUT2D eigenvalue weighted by Crippen LogP contribution is -2.21. The second kappa shape index (κ2) is 4.37. The van der Waals surface area contributed by atoms with Gasteiger partial charge >= 0.3 is 10.2 Å². The van der Waals surface area contributed by atoms with Crippen molar-refractivity contribution < 1.29 is 12.3 Å². The van der Waals surface area contributed by atoms with Gasteiger partial charge in [0.05, 0.1) is 0 Å². The molecule has 0 spiro atoms. The number of aromatic nitrogens is 1. The number of hydrogen-bond donors (Lipinski definition) is 0. The molecular weight excluding hydrogens is 231 g/mol. The van der Waals surface area contributed by atoms with E-state index in [0.29, 0.717) is 11.4 Å². The molecule has 0 amide bonds. The molecule has 16 heavy (non-hydrogen) atoms. The van der Waals surface area contributed by atoms with Gasteiger partial charge in [0.2, 0.25) is 0 Å². The third-order valence-electron chi connectivity index (χ3n) is 2.60. The minimum absolute atomic E-state index is 0.437. The van der Waals surface area contributed by atoms with Crippen LogP contribution in [-0.4, -0.2) is 26.5 Å². The van der Waals surface area contributed by atoms with E-state index in [9.17, 15) is 12.3 Å². The Kier molecular flexibility index (Phi) is 3.09. The molecule has 2 heterocycles. The van der Waals surface area contributed by atoms with E-state index in [1.54, 1.807) is 18.3 Å². The largest absolute Gasteiger partial charge is 0.356 e.